The summed E-state index contributed by atoms with van der Waals surface area (Å²) in [6, 6.07) is 11.2. The van der Waals surface area contributed by atoms with Crippen molar-refractivity contribution in [3.05, 3.63) is 81.1 Å². The third-order valence-corrected chi connectivity index (χ3v) is 4.53. The van der Waals surface area contributed by atoms with Gasteiger partial charge in [-0.15, -0.1) is 0 Å². The SMILES string of the molecule is COCCN(Cc1nc2ccccc2c(=O)[nH]1)C(=O)/C=C/c1ccc(F)c(Cl)c1. The minimum absolute atomic E-state index is 0.0197. The summed E-state index contributed by atoms with van der Waals surface area (Å²) in [6.45, 7) is 0.733. The molecule has 0 aliphatic carbocycles. The molecule has 1 amide bonds. The van der Waals surface area contributed by atoms with Crippen molar-refractivity contribution in [1.29, 1.82) is 0 Å². The van der Waals surface area contributed by atoms with Gasteiger partial charge in [0.15, 0.2) is 0 Å². The molecule has 0 atom stereocenters. The molecule has 0 aliphatic heterocycles. The lowest BCUT2D eigenvalue weighted by molar-refractivity contribution is -0.127. The first-order chi connectivity index (χ1) is 14.0. The molecular formula is C21H19ClFN3O3. The van der Waals surface area contributed by atoms with Gasteiger partial charge in [0.25, 0.3) is 5.56 Å². The van der Waals surface area contributed by atoms with E-state index in [4.69, 9.17) is 16.3 Å². The average Bonchev–Trinajstić information content (AvgIpc) is 2.71. The smallest absolute Gasteiger partial charge is 0.258 e. The molecule has 150 valence electrons. The summed E-state index contributed by atoms with van der Waals surface area (Å²) in [6.07, 6.45) is 2.91. The van der Waals surface area contributed by atoms with Crippen molar-refractivity contribution in [2.24, 2.45) is 0 Å². The standard InChI is InChI=1S/C21H19ClFN3O3/c1-29-11-10-26(20(27)9-7-14-6-8-17(23)16(22)12-14)13-19-24-18-5-3-2-4-15(18)21(28)25-19/h2-9,12H,10-11,13H2,1H3,(H,24,25,28)/b9-7+. The Labute approximate surface area is 171 Å². The number of carbonyl (C=O) groups is 1. The number of nitrogens with zero attached hydrogens (tertiary/aromatic N) is 2. The molecule has 1 aromatic heterocycles. The predicted molar refractivity (Wildman–Crippen MR) is 110 cm³/mol. The van der Waals surface area contributed by atoms with Crippen LogP contribution in [0.15, 0.2) is 53.3 Å². The van der Waals surface area contributed by atoms with Gasteiger partial charge in [-0.05, 0) is 35.9 Å². The largest absolute Gasteiger partial charge is 0.383 e. The number of hydrogen-bond acceptors (Lipinski definition) is 4. The molecule has 0 saturated carbocycles. The second-order valence-electron chi connectivity index (χ2n) is 6.29. The number of H-pyrrole nitrogens is 1. The zero-order valence-corrected chi connectivity index (χ0v) is 16.4. The lowest BCUT2D eigenvalue weighted by Gasteiger charge is -2.20. The first-order valence-corrected chi connectivity index (χ1v) is 9.24. The van der Waals surface area contributed by atoms with Crippen LogP contribution in [0.2, 0.25) is 5.02 Å². The number of ether oxygens (including phenoxy) is 1. The minimum atomic E-state index is -0.525. The van der Waals surface area contributed by atoms with E-state index in [0.29, 0.717) is 35.4 Å². The maximum atomic E-state index is 13.3. The topological polar surface area (TPSA) is 75.3 Å². The number of fused-ring (bicyclic) bond motifs is 1. The number of benzene rings is 2. The lowest BCUT2D eigenvalue weighted by Crippen LogP contribution is -2.33. The van der Waals surface area contributed by atoms with Gasteiger partial charge in [-0.2, -0.15) is 0 Å². The maximum Gasteiger partial charge on any atom is 0.258 e. The molecule has 0 fully saturated rings. The normalized spacial score (nSPS) is 11.3. The van der Waals surface area contributed by atoms with Gasteiger partial charge in [0.2, 0.25) is 5.91 Å². The van der Waals surface area contributed by atoms with Crippen LogP contribution in [-0.2, 0) is 16.1 Å². The van der Waals surface area contributed by atoms with E-state index in [2.05, 4.69) is 9.97 Å². The Morgan fingerprint density at radius 2 is 2.10 bits per heavy atom. The Bertz CT molecular complexity index is 1110. The van der Waals surface area contributed by atoms with Crippen LogP contribution in [0.3, 0.4) is 0 Å². The third kappa shape index (κ3) is 5.28. The Morgan fingerprint density at radius 3 is 2.86 bits per heavy atom. The quantitative estimate of drug-likeness (QED) is 0.600. The summed E-state index contributed by atoms with van der Waals surface area (Å²) in [5.74, 6) is -0.460. The van der Waals surface area contributed by atoms with Gasteiger partial charge in [-0.25, -0.2) is 9.37 Å². The van der Waals surface area contributed by atoms with Gasteiger partial charge >= 0.3 is 0 Å². The van der Waals surface area contributed by atoms with E-state index >= 15 is 0 Å². The van der Waals surface area contributed by atoms with Crippen molar-refractivity contribution in [2.45, 2.75) is 6.54 Å². The van der Waals surface area contributed by atoms with Crippen LogP contribution in [0.5, 0.6) is 0 Å². The molecule has 8 heteroatoms. The summed E-state index contributed by atoms with van der Waals surface area (Å²) >= 11 is 5.77. The Morgan fingerprint density at radius 1 is 1.31 bits per heavy atom. The molecular weight excluding hydrogens is 397 g/mol. The molecule has 0 aliphatic rings. The Balaban J connectivity index is 1.81. The summed E-state index contributed by atoms with van der Waals surface area (Å²) in [7, 11) is 1.54. The monoisotopic (exact) mass is 415 g/mol. The number of methoxy groups -OCH3 is 1. The molecule has 6 nitrogen and oxygen atoms in total. The number of halogens is 2. The van der Waals surface area contributed by atoms with E-state index < -0.39 is 5.82 Å². The highest BCUT2D eigenvalue weighted by Crippen LogP contribution is 2.17. The summed E-state index contributed by atoms with van der Waals surface area (Å²) in [4.78, 5) is 33.6. The molecule has 3 aromatic rings. The van der Waals surface area contributed by atoms with E-state index in [-0.39, 0.29) is 23.0 Å². The molecule has 1 heterocycles. The summed E-state index contributed by atoms with van der Waals surface area (Å²) in [5.41, 5.74) is 0.886. The van der Waals surface area contributed by atoms with Gasteiger partial charge in [-0.3, -0.25) is 9.59 Å². The molecule has 2 aromatic carbocycles. The van der Waals surface area contributed by atoms with Gasteiger partial charge in [0.05, 0.1) is 29.1 Å². The van der Waals surface area contributed by atoms with E-state index in [1.54, 1.807) is 30.3 Å². The van der Waals surface area contributed by atoms with E-state index in [1.165, 1.54) is 36.3 Å². The molecule has 0 radical (unpaired) electrons. The van der Waals surface area contributed by atoms with Crippen LogP contribution in [-0.4, -0.2) is 41.0 Å². The average molecular weight is 416 g/mol. The van der Waals surface area contributed by atoms with Crippen LogP contribution in [0.25, 0.3) is 17.0 Å². The number of aromatic nitrogens is 2. The molecule has 0 spiro atoms. The van der Waals surface area contributed by atoms with Gasteiger partial charge in [0, 0.05) is 19.7 Å². The first kappa shape index (κ1) is 20.7. The predicted octanol–water partition coefficient (Wildman–Crippen LogP) is 3.40. The fourth-order valence-electron chi connectivity index (χ4n) is 2.75. The highest BCUT2D eigenvalue weighted by Gasteiger charge is 2.14. The highest BCUT2D eigenvalue weighted by atomic mass is 35.5. The van der Waals surface area contributed by atoms with Crippen molar-refractivity contribution < 1.29 is 13.9 Å². The molecule has 0 saturated heterocycles. The second-order valence-corrected chi connectivity index (χ2v) is 6.70. The Kier molecular flexibility index (Phi) is 6.74. The van der Waals surface area contributed by atoms with Gasteiger partial charge in [-0.1, -0.05) is 29.8 Å². The van der Waals surface area contributed by atoms with Crippen molar-refractivity contribution >= 4 is 34.5 Å². The number of nitrogens with one attached hydrogen (secondary N) is 1. The fraction of sp³-hybridized carbons (Fsp3) is 0.190. The fourth-order valence-corrected chi connectivity index (χ4v) is 2.94. The summed E-state index contributed by atoms with van der Waals surface area (Å²) < 4.78 is 18.3. The van der Waals surface area contributed by atoms with Crippen LogP contribution < -0.4 is 5.56 Å². The highest BCUT2D eigenvalue weighted by molar-refractivity contribution is 6.30. The maximum absolute atomic E-state index is 13.3. The van der Waals surface area contributed by atoms with Crippen LogP contribution in [0, 0.1) is 5.82 Å². The molecule has 3 rings (SSSR count). The molecule has 1 N–H and O–H groups in total. The lowest BCUT2D eigenvalue weighted by atomic mass is 10.2. The minimum Gasteiger partial charge on any atom is -0.383 e. The number of aromatic amines is 1. The van der Waals surface area contributed by atoms with E-state index in [1.807, 2.05) is 0 Å². The second kappa shape index (κ2) is 9.45. The van der Waals surface area contributed by atoms with Crippen molar-refractivity contribution in [3.8, 4) is 0 Å². The number of hydrogen-bond donors (Lipinski definition) is 1. The number of carbonyl (C=O) groups excluding carboxylic acids is 1. The third-order valence-electron chi connectivity index (χ3n) is 4.24. The number of rotatable bonds is 7. The van der Waals surface area contributed by atoms with Gasteiger partial charge < -0.3 is 14.6 Å². The van der Waals surface area contributed by atoms with Crippen LogP contribution >= 0.6 is 11.6 Å². The van der Waals surface area contributed by atoms with Gasteiger partial charge in [0.1, 0.15) is 11.6 Å². The number of amides is 1. The first-order valence-electron chi connectivity index (χ1n) is 8.87. The number of para-hydroxylation sites is 1. The zero-order chi connectivity index (χ0) is 20.8. The molecule has 0 bridgehead atoms. The van der Waals surface area contributed by atoms with Crippen LogP contribution in [0.1, 0.15) is 11.4 Å². The van der Waals surface area contributed by atoms with Crippen molar-refractivity contribution in [1.82, 2.24) is 14.9 Å². The zero-order valence-electron chi connectivity index (χ0n) is 15.7. The Hall–Kier alpha value is -3.03. The van der Waals surface area contributed by atoms with Crippen LogP contribution in [0.4, 0.5) is 4.39 Å². The molecule has 29 heavy (non-hydrogen) atoms. The summed E-state index contributed by atoms with van der Waals surface area (Å²) in [5, 5.41) is 0.466. The molecule has 0 unspecified atom stereocenters. The van der Waals surface area contributed by atoms with E-state index in [9.17, 15) is 14.0 Å². The van der Waals surface area contributed by atoms with E-state index in [0.717, 1.165) is 0 Å². The van der Waals surface area contributed by atoms with Crippen molar-refractivity contribution in [2.75, 3.05) is 20.3 Å². The van der Waals surface area contributed by atoms with Crippen molar-refractivity contribution in [3.63, 3.8) is 0 Å².